The Kier molecular flexibility index (Phi) is 3.31. The van der Waals surface area contributed by atoms with Gasteiger partial charge in [-0.2, -0.15) is 0 Å². The average Bonchev–Trinajstić information content (AvgIpc) is 2.41. The highest BCUT2D eigenvalue weighted by molar-refractivity contribution is 6.29. The van der Waals surface area contributed by atoms with Crippen molar-refractivity contribution in [1.82, 2.24) is 4.98 Å². The molecule has 1 aromatic heterocycles. The van der Waals surface area contributed by atoms with E-state index in [9.17, 15) is 0 Å². The summed E-state index contributed by atoms with van der Waals surface area (Å²) in [6.45, 7) is 1.59. The largest absolute Gasteiger partial charge is 0.396 e. The maximum absolute atomic E-state index is 6.04. The van der Waals surface area contributed by atoms with Crippen LogP contribution in [0.15, 0.2) is 12.1 Å². The SMILES string of the molecule is Nc1ccc(Cl)nc1N1CCOC2CCCCC21. The monoisotopic (exact) mass is 267 g/mol. The molecule has 0 amide bonds. The summed E-state index contributed by atoms with van der Waals surface area (Å²) in [7, 11) is 0. The quantitative estimate of drug-likeness (QED) is 0.794. The minimum atomic E-state index is 0.327. The van der Waals surface area contributed by atoms with Crippen LogP contribution in [0, 0.1) is 0 Å². The minimum absolute atomic E-state index is 0.327. The second-order valence-corrected chi connectivity index (χ2v) is 5.39. The van der Waals surface area contributed by atoms with Crippen LogP contribution in [-0.4, -0.2) is 30.3 Å². The van der Waals surface area contributed by atoms with Crippen molar-refractivity contribution in [1.29, 1.82) is 0 Å². The third kappa shape index (κ3) is 2.15. The molecule has 2 N–H and O–H groups in total. The molecule has 18 heavy (non-hydrogen) atoms. The Hall–Kier alpha value is -1.00. The first-order valence-corrected chi connectivity index (χ1v) is 6.94. The Morgan fingerprint density at radius 2 is 2.17 bits per heavy atom. The van der Waals surface area contributed by atoms with E-state index >= 15 is 0 Å². The van der Waals surface area contributed by atoms with E-state index in [-0.39, 0.29) is 0 Å². The molecule has 0 radical (unpaired) electrons. The van der Waals surface area contributed by atoms with Crippen LogP contribution in [-0.2, 0) is 4.74 Å². The molecule has 4 nitrogen and oxygen atoms in total. The van der Waals surface area contributed by atoms with Gasteiger partial charge < -0.3 is 15.4 Å². The molecule has 98 valence electrons. The standard InChI is InChI=1S/C13H18ClN3O/c14-12-6-5-9(15)13(16-12)17-7-8-18-11-4-2-1-3-10(11)17/h5-6,10-11H,1-4,7-8,15H2. The lowest BCUT2D eigenvalue weighted by molar-refractivity contribution is -0.00892. The number of rotatable bonds is 1. The number of nitrogen functional groups attached to an aromatic ring is 1. The minimum Gasteiger partial charge on any atom is -0.396 e. The highest BCUT2D eigenvalue weighted by Crippen LogP contribution is 2.34. The lowest BCUT2D eigenvalue weighted by atomic mass is 9.90. The van der Waals surface area contributed by atoms with Crippen LogP contribution < -0.4 is 10.6 Å². The van der Waals surface area contributed by atoms with Gasteiger partial charge in [0.2, 0.25) is 0 Å². The number of ether oxygens (including phenoxy) is 1. The Bertz CT molecular complexity index is 438. The first-order valence-electron chi connectivity index (χ1n) is 6.56. The van der Waals surface area contributed by atoms with Gasteiger partial charge in [0.25, 0.3) is 0 Å². The molecule has 3 rings (SSSR count). The zero-order valence-corrected chi connectivity index (χ0v) is 11.1. The Morgan fingerprint density at radius 3 is 3.06 bits per heavy atom. The third-order valence-electron chi connectivity index (χ3n) is 3.88. The van der Waals surface area contributed by atoms with E-state index in [2.05, 4.69) is 9.88 Å². The second kappa shape index (κ2) is 4.94. The van der Waals surface area contributed by atoms with E-state index in [4.69, 9.17) is 22.1 Å². The highest BCUT2D eigenvalue weighted by Gasteiger charge is 2.35. The Labute approximate surface area is 112 Å². The van der Waals surface area contributed by atoms with Crippen molar-refractivity contribution < 1.29 is 4.74 Å². The molecule has 1 aliphatic heterocycles. The van der Waals surface area contributed by atoms with E-state index in [1.165, 1.54) is 12.8 Å². The summed E-state index contributed by atoms with van der Waals surface area (Å²) in [6, 6.07) is 3.97. The van der Waals surface area contributed by atoms with Gasteiger partial charge in [0.05, 0.1) is 24.4 Å². The molecule has 0 spiro atoms. The van der Waals surface area contributed by atoms with Crippen molar-refractivity contribution in [2.75, 3.05) is 23.8 Å². The van der Waals surface area contributed by atoms with Crippen LogP contribution >= 0.6 is 11.6 Å². The molecule has 2 fully saturated rings. The van der Waals surface area contributed by atoms with Crippen molar-refractivity contribution in [3.63, 3.8) is 0 Å². The Balaban J connectivity index is 1.91. The number of nitrogens with zero attached hydrogens (tertiary/aromatic N) is 2. The fourth-order valence-corrected chi connectivity index (χ4v) is 3.17. The van der Waals surface area contributed by atoms with Crippen LogP contribution in [0.4, 0.5) is 11.5 Å². The fourth-order valence-electron chi connectivity index (χ4n) is 3.03. The highest BCUT2D eigenvalue weighted by atomic mass is 35.5. The number of pyridine rings is 1. The molecule has 2 unspecified atom stereocenters. The van der Waals surface area contributed by atoms with Crippen molar-refractivity contribution >= 4 is 23.1 Å². The van der Waals surface area contributed by atoms with E-state index in [0.29, 0.717) is 23.0 Å². The first-order chi connectivity index (χ1) is 8.75. The maximum Gasteiger partial charge on any atom is 0.153 e. The van der Waals surface area contributed by atoms with E-state index in [1.54, 1.807) is 6.07 Å². The van der Waals surface area contributed by atoms with Gasteiger partial charge in [-0.25, -0.2) is 4.98 Å². The second-order valence-electron chi connectivity index (χ2n) is 5.00. The molecular weight excluding hydrogens is 250 g/mol. The topological polar surface area (TPSA) is 51.4 Å². The third-order valence-corrected chi connectivity index (χ3v) is 4.09. The van der Waals surface area contributed by atoms with Crippen LogP contribution in [0.3, 0.4) is 0 Å². The number of nitrogens with two attached hydrogens (primary N) is 1. The van der Waals surface area contributed by atoms with Gasteiger partial charge in [0.1, 0.15) is 5.15 Å². The van der Waals surface area contributed by atoms with Crippen molar-refractivity contribution in [3.8, 4) is 0 Å². The van der Waals surface area contributed by atoms with Crippen molar-refractivity contribution in [2.45, 2.75) is 37.8 Å². The zero-order valence-electron chi connectivity index (χ0n) is 10.3. The molecule has 5 heteroatoms. The predicted molar refractivity (Wildman–Crippen MR) is 73.0 cm³/mol. The number of hydrogen-bond acceptors (Lipinski definition) is 4. The molecule has 2 atom stereocenters. The lowest BCUT2D eigenvalue weighted by Crippen LogP contribution is -2.53. The molecule has 1 aromatic rings. The number of halogens is 1. The van der Waals surface area contributed by atoms with Crippen molar-refractivity contribution in [3.05, 3.63) is 17.3 Å². The molecular formula is C13H18ClN3O. The summed E-state index contributed by atoms with van der Waals surface area (Å²) in [5.74, 6) is 0.822. The van der Waals surface area contributed by atoms with Crippen LogP contribution in [0.5, 0.6) is 0 Å². The molecule has 2 heterocycles. The van der Waals surface area contributed by atoms with Gasteiger partial charge in [-0.3, -0.25) is 0 Å². The number of morpholine rings is 1. The molecule has 2 aliphatic rings. The van der Waals surface area contributed by atoms with Crippen LogP contribution in [0.25, 0.3) is 0 Å². The smallest absolute Gasteiger partial charge is 0.153 e. The number of anilines is 2. The van der Waals surface area contributed by atoms with Gasteiger partial charge >= 0.3 is 0 Å². The average molecular weight is 268 g/mol. The van der Waals surface area contributed by atoms with Crippen LogP contribution in [0.1, 0.15) is 25.7 Å². The summed E-state index contributed by atoms with van der Waals surface area (Å²) >= 11 is 5.99. The summed E-state index contributed by atoms with van der Waals surface area (Å²) in [5.41, 5.74) is 6.74. The Morgan fingerprint density at radius 1 is 1.33 bits per heavy atom. The van der Waals surface area contributed by atoms with Gasteiger partial charge in [-0.1, -0.05) is 24.4 Å². The predicted octanol–water partition coefficient (Wildman–Crippen LogP) is 2.47. The molecule has 1 aliphatic carbocycles. The summed E-state index contributed by atoms with van der Waals surface area (Å²) < 4.78 is 5.86. The molecule has 0 bridgehead atoms. The van der Waals surface area contributed by atoms with Gasteiger partial charge in [0.15, 0.2) is 5.82 Å². The maximum atomic E-state index is 6.04. The first kappa shape index (κ1) is 12.1. The number of hydrogen-bond donors (Lipinski definition) is 1. The van der Waals surface area contributed by atoms with Crippen molar-refractivity contribution in [2.24, 2.45) is 0 Å². The van der Waals surface area contributed by atoms with E-state index < -0.39 is 0 Å². The lowest BCUT2D eigenvalue weighted by Gasteiger charge is -2.44. The fraction of sp³-hybridized carbons (Fsp3) is 0.615. The molecule has 0 aromatic carbocycles. The van der Waals surface area contributed by atoms with E-state index in [0.717, 1.165) is 31.8 Å². The molecule has 1 saturated carbocycles. The normalized spacial score (nSPS) is 27.9. The zero-order chi connectivity index (χ0) is 12.5. The number of aromatic nitrogens is 1. The number of fused-ring (bicyclic) bond motifs is 1. The van der Waals surface area contributed by atoms with Gasteiger partial charge in [-0.05, 0) is 25.0 Å². The van der Waals surface area contributed by atoms with Crippen LogP contribution in [0.2, 0.25) is 5.15 Å². The summed E-state index contributed by atoms with van der Waals surface area (Å²) in [5, 5.41) is 0.498. The van der Waals surface area contributed by atoms with Gasteiger partial charge in [0, 0.05) is 6.54 Å². The molecule has 1 saturated heterocycles. The van der Waals surface area contributed by atoms with Gasteiger partial charge in [-0.15, -0.1) is 0 Å². The summed E-state index contributed by atoms with van der Waals surface area (Å²) in [6.07, 6.45) is 5.13. The summed E-state index contributed by atoms with van der Waals surface area (Å²) in [4.78, 5) is 6.68. The van der Waals surface area contributed by atoms with E-state index in [1.807, 2.05) is 6.07 Å².